The van der Waals surface area contributed by atoms with E-state index in [-0.39, 0.29) is 72.2 Å². The number of alkyl halides is 2. The lowest BCUT2D eigenvalue weighted by atomic mass is 9.85. The molecule has 3 aromatic carbocycles. The van der Waals surface area contributed by atoms with Gasteiger partial charge in [-0.05, 0) is 84.9 Å². The largest absolute Gasteiger partial charge is 0.399 e. The molecule has 3 fully saturated rings. The Morgan fingerprint density at radius 2 is 1.60 bits per heavy atom. The molecule has 2 unspecified atom stereocenters. The van der Waals surface area contributed by atoms with Crippen LogP contribution in [-0.2, 0) is 39.0 Å². The molecule has 9 amide bonds. The van der Waals surface area contributed by atoms with Gasteiger partial charge in [-0.1, -0.05) is 75.4 Å². The van der Waals surface area contributed by atoms with Crippen LogP contribution in [0.1, 0.15) is 132 Å². The summed E-state index contributed by atoms with van der Waals surface area (Å²) in [5, 5.41) is 7.88. The van der Waals surface area contributed by atoms with Crippen LogP contribution in [-0.4, -0.2) is 140 Å². The quantitative estimate of drug-likeness (QED) is 0.0337. The van der Waals surface area contributed by atoms with E-state index in [1.165, 1.54) is 34.1 Å². The Labute approximate surface area is 452 Å². The topological polar surface area (TPSA) is 260 Å². The summed E-state index contributed by atoms with van der Waals surface area (Å²) >= 11 is 0.930. The first kappa shape index (κ1) is 57.0. The number of benzene rings is 3. The van der Waals surface area contributed by atoms with Crippen molar-refractivity contribution in [1.29, 1.82) is 0 Å². The highest BCUT2D eigenvalue weighted by molar-refractivity contribution is 7.52. The maximum absolute atomic E-state index is 14.9. The molecule has 8 rings (SSSR count). The van der Waals surface area contributed by atoms with Crippen molar-refractivity contribution >= 4 is 82.2 Å². The first-order valence-electron chi connectivity index (χ1n) is 25.7. The van der Waals surface area contributed by atoms with E-state index in [4.69, 9.17) is 0 Å². The van der Waals surface area contributed by atoms with Crippen LogP contribution in [0.25, 0.3) is 10.1 Å². The normalized spacial score (nSPS) is 19.4. The van der Waals surface area contributed by atoms with Gasteiger partial charge in [-0.25, -0.2) is 0 Å². The molecule has 5 heterocycles. The van der Waals surface area contributed by atoms with E-state index in [0.29, 0.717) is 55.5 Å². The fourth-order valence-electron chi connectivity index (χ4n) is 10.2. The van der Waals surface area contributed by atoms with Crippen molar-refractivity contribution in [2.45, 2.75) is 108 Å². The third kappa shape index (κ3) is 12.5. The zero-order valence-electron chi connectivity index (χ0n) is 43.2. The Morgan fingerprint density at radius 3 is 2.32 bits per heavy atom. The SMILES string of the molecule is CC(C)(C)[C@H](NC(=O)c1cc2cc(C(F)(F)P(=O)(O)O)ccc2s1)C(=O)N1CCN(C(=O)CC(=O)NCCCCCC#Cc2ccc3c(c2)C(=O)N(C2CCC(=O)NC2=O)C3=O)C[C@H]1C(=O)N1CCCC(c2ccccc2)C1. The van der Waals surface area contributed by atoms with Crippen molar-refractivity contribution in [3.8, 4) is 11.8 Å². The predicted octanol–water partition coefficient (Wildman–Crippen LogP) is 5.24. The molecule has 0 aliphatic carbocycles. The number of amides is 9. The second-order valence-electron chi connectivity index (χ2n) is 21.0. The summed E-state index contributed by atoms with van der Waals surface area (Å²) in [7, 11) is -5.86. The Morgan fingerprint density at radius 1 is 0.859 bits per heavy atom. The van der Waals surface area contributed by atoms with Crippen LogP contribution in [0.5, 0.6) is 0 Å². The third-order valence-corrected chi connectivity index (χ3v) is 16.5. The maximum atomic E-state index is 14.9. The van der Waals surface area contributed by atoms with Crippen molar-refractivity contribution in [2.24, 2.45) is 5.41 Å². The first-order chi connectivity index (χ1) is 36.9. The van der Waals surface area contributed by atoms with E-state index in [1.807, 2.05) is 30.3 Å². The molecule has 23 heteroatoms. The summed E-state index contributed by atoms with van der Waals surface area (Å²) in [6.45, 7) is 5.91. The van der Waals surface area contributed by atoms with Crippen LogP contribution >= 0.6 is 18.9 Å². The van der Waals surface area contributed by atoms with Gasteiger partial charge in [-0.15, -0.1) is 11.3 Å². The number of piperidine rings is 2. The highest BCUT2D eigenvalue weighted by atomic mass is 32.1. The zero-order valence-corrected chi connectivity index (χ0v) is 44.9. The molecule has 4 atom stereocenters. The molecule has 3 saturated heterocycles. The van der Waals surface area contributed by atoms with Gasteiger partial charge < -0.3 is 35.1 Å². The zero-order chi connectivity index (χ0) is 56.3. The van der Waals surface area contributed by atoms with E-state index in [1.54, 1.807) is 31.7 Å². The molecule has 4 aliphatic heterocycles. The van der Waals surface area contributed by atoms with E-state index < -0.39 is 96.0 Å². The second kappa shape index (κ2) is 23.4. The predicted molar refractivity (Wildman–Crippen MR) is 282 cm³/mol. The minimum Gasteiger partial charge on any atom is -0.356 e. The number of rotatable bonds is 15. The van der Waals surface area contributed by atoms with Crippen LogP contribution in [0.3, 0.4) is 0 Å². The molecular formula is C55H60F2N7O12PS. The second-order valence-corrected chi connectivity index (χ2v) is 23.7. The number of piperazine rings is 1. The van der Waals surface area contributed by atoms with Gasteiger partial charge in [0.05, 0.1) is 22.5 Å². The van der Waals surface area contributed by atoms with Gasteiger partial charge in [-0.2, -0.15) is 8.78 Å². The number of unbranched alkanes of at least 4 members (excludes halogenated alkanes) is 3. The Kier molecular flexibility index (Phi) is 17.1. The lowest BCUT2D eigenvalue weighted by molar-refractivity contribution is -0.155. The molecule has 0 bridgehead atoms. The average molecular weight is 1110 g/mol. The molecule has 5 N–H and O–H groups in total. The maximum Gasteiger partial charge on any atom is 0.399 e. The summed E-state index contributed by atoms with van der Waals surface area (Å²) in [5.41, 5.74) is -4.48. The van der Waals surface area contributed by atoms with Crippen LogP contribution in [0.2, 0.25) is 0 Å². The molecular weight excluding hydrogens is 1050 g/mol. The monoisotopic (exact) mass is 1110 g/mol. The van der Waals surface area contributed by atoms with Crippen LogP contribution < -0.4 is 16.0 Å². The van der Waals surface area contributed by atoms with Gasteiger partial charge in [0, 0.05) is 67.3 Å². The summed E-state index contributed by atoms with van der Waals surface area (Å²) in [6, 6.07) is 15.2. The molecule has 1 aromatic heterocycles. The average Bonchev–Trinajstić information content (AvgIpc) is 3.97. The lowest BCUT2D eigenvalue weighted by Crippen LogP contribution is -2.66. The number of thiophene rings is 1. The van der Waals surface area contributed by atoms with Crippen molar-refractivity contribution in [3.05, 3.63) is 105 Å². The number of halogens is 2. The third-order valence-electron chi connectivity index (χ3n) is 14.4. The van der Waals surface area contributed by atoms with Crippen LogP contribution in [0, 0.1) is 17.3 Å². The molecule has 0 spiro atoms. The van der Waals surface area contributed by atoms with Crippen molar-refractivity contribution in [3.63, 3.8) is 0 Å². The van der Waals surface area contributed by atoms with Crippen LogP contribution in [0.4, 0.5) is 8.78 Å². The molecule has 78 heavy (non-hydrogen) atoms. The highest BCUT2D eigenvalue weighted by Gasteiger charge is 2.51. The smallest absolute Gasteiger partial charge is 0.356 e. The standard InChI is InChI=1S/C55H60F2N7O12PS/c1-54(2,3)47(60-49(69)43-29-36-28-37(18-21-42(36)78-43)55(56,57)77(74,75)76)53(73)63-26-25-61(32-41(63)52(72)62-24-12-16-35(31-62)34-14-9-7-10-15-34)46(67)30-45(66)58-23-11-6-4-5-8-13-33-17-19-38-39(27-33)51(71)64(50(38)70)40-20-22-44(65)59-48(40)68/h7,9-10,14-15,17-19,21,27-29,35,40-41,47H,4-6,11-12,16,20,22-26,30-32H2,1-3H3,(H,58,66)(H,60,69)(H,59,65,68)(H2,74,75,76)/t35?,40?,41-,47+/m0/s1. The van der Waals surface area contributed by atoms with E-state index in [9.17, 15) is 66.3 Å². The van der Waals surface area contributed by atoms with Gasteiger partial charge in [0.2, 0.25) is 35.4 Å². The van der Waals surface area contributed by atoms with Gasteiger partial charge in [0.1, 0.15) is 24.5 Å². The van der Waals surface area contributed by atoms with Gasteiger partial charge >= 0.3 is 13.3 Å². The first-order valence-corrected chi connectivity index (χ1v) is 28.2. The molecule has 412 valence electrons. The van der Waals surface area contributed by atoms with E-state index in [0.717, 1.165) is 40.4 Å². The van der Waals surface area contributed by atoms with Crippen LogP contribution in [0.15, 0.2) is 72.8 Å². The number of nitrogens with one attached hydrogen (secondary N) is 3. The molecule has 0 radical (unpaired) electrons. The van der Waals surface area contributed by atoms with Gasteiger partial charge in [0.25, 0.3) is 17.7 Å². The number of nitrogens with zero attached hydrogens (tertiary/aromatic N) is 4. The Hall–Kier alpha value is -7.18. The summed E-state index contributed by atoms with van der Waals surface area (Å²) in [4.78, 5) is 145. The number of carbonyl (C=O) groups is 9. The van der Waals surface area contributed by atoms with Gasteiger partial charge in [-0.3, -0.25) is 57.9 Å². The lowest BCUT2D eigenvalue weighted by Gasteiger charge is -2.45. The molecule has 0 saturated carbocycles. The molecule has 19 nitrogen and oxygen atoms in total. The minimum atomic E-state index is -5.86. The van der Waals surface area contributed by atoms with Crippen molar-refractivity contribution in [1.82, 2.24) is 35.6 Å². The molecule has 4 aliphatic rings. The fraction of sp³-hybridized carbons (Fsp3) is 0.436. The number of fused-ring (bicyclic) bond motifs is 2. The Bertz CT molecular complexity index is 3180. The summed E-state index contributed by atoms with van der Waals surface area (Å²) < 4.78 is 41.1. The van der Waals surface area contributed by atoms with Crippen molar-refractivity contribution < 1.29 is 66.3 Å². The highest BCUT2D eigenvalue weighted by Crippen LogP contribution is 2.59. The summed E-state index contributed by atoms with van der Waals surface area (Å²) in [6.07, 6.45) is 3.52. The number of hydrogen-bond acceptors (Lipinski definition) is 11. The number of carbonyl (C=O) groups excluding carboxylic acids is 9. The number of imide groups is 2. The molecule has 4 aromatic rings. The number of hydrogen-bond donors (Lipinski definition) is 5. The van der Waals surface area contributed by atoms with E-state index >= 15 is 0 Å². The van der Waals surface area contributed by atoms with E-state index in [2.05, 4.69) is 27.8 Å². The van der Waals surface area contributed by atoms with Crippen molar-refractivity contribution in [2.75, 3.05) is 39.3 Å². The number of likely N-dealkylation sites (tertiary alicyclic amines) is 1. The van der Waals surface area contributed by atoms with Gasteiger partial charge in [0.15, 0.2) is 0 Å². The fourth-order valence-corrected chi connectivity index (χ4v) is 11.6. The minimum absolute atomic E-state index is 0.0152. The Balaban J connectivity index is 0.870. The summed E-state index contributed by atoms with van der Waals surface area (Å²) in [5.74, 6) is 0.934.